The summed E-state index contributed by atoms with van der Waals surface area (Å²) >= 11 is 0. The number of nitrogens with zero attached hydrogens (tertiary/aromatic N) is 1. The van der Waals surface area contributed by atoms with Crippen molar-refractivity contribution in [2.45, 2.75) is 67.7 Å². The molecule has 0 spiro atoms. The Balaban J connectivity index is 1.78. The summed E-state index contributed by atoms with van der Waals surface area (Å²) < 4.78 is 6.62. The third kappa shape index (κ3) is 3.79. The van der Waals surface area contributed by atoms with Crippen LogP contribution in [-0.4, -0.2) is 4.98 Å². The molecule has 0 atom stereocenters. The smallest absolute Gasteiger partial charge is 0.161 e. The van der Waals surface area contributed by atoms with Crippen LogP contribution in [0.1, 0.15) is 68.4 Å². The van der Waals surface area contributed by atoms with Gasteiger partial charge < -0.3 is 4.42 Å². The van der Waals surface area contributed by atoms with E-state index in [1.165, 1.54) is 44.0 Å². The molecule has 0 bridgehead atoms. The van der Waals surface area contributed by atoms with Gasteiger partial charge in [0.25, 0.3) is 0 Å². The Bertz CT molecular complexity index is 1560. The van der Waals surface area contributed by atoms with Gasteiger partial charge in [-0.2, -0.15) is 0 Å². The van der Waals surface area contributed by atoms with E-state index in [4.69, 9.17) is 9.40 Å². The van der Waals surface area contributed by atoms with Crippen LogP contribution in [0.3, 0.4) is 0 Å². The minimum Gasteiger partial charge on any atom is -0.453 e. The number of rotatable bonds is 3. The number of hydrogen-bond acceptors (Lipinski definition) is 2. The predicted octanol–water partition coefficient (Wildman–Crippen LogP) is 9.44. The van der Waals surface area contributed by atoms with Crippen LogP contribution < -0.4 is 0 Å². The molecule has 34 heavy (non-hydrogen) atoms. The van der Waals surface area contributed by atoms with E-state index >= 15 is 0 Å². The lowest BCUT2D eigenvalue weighted by Gasteiger charge is -2.19. The summed E-state index contributed by atoms with van der Waals surface area (Å²) in [6.45, 7) is 18.0. The topological polar surface area (TPSA) is 26.0 Å². The Hall–Kier alpha value is -3.13. The predicted molar refractivity (Wildman–Crippen MR) is 146 cm³/mol. The van der Waals surface area contributed by atoms with E-state index < -0.39 is 0 Å². The lowest BCUT2D eigenvalue weighted by molar-refractivity contribution is 0.410. The average Bonchev–Trinajstić information content (AvgIpc) is 3.13. The van der Waals surface area contributed by atoms with Gasteiger partial charge in [-0.25, -0.2) is 0 Å². The largest absolute Gasteiger partial charge is 0.453 e. The molecule has 2 heteroatoms. The molecule has 0 aliphatic carbocycles. The molecule has 2 aromatic heterocycles. The highest BCUT2D eigenvalue weighted by molar-refractivity contribution is 6.10. The summed E-state index contributed by atoms with van der Waals surface area (Å²) in [6.07, 6.45) is 2.95. The van der Waals surface area contributed by atoms with Gasteiger partial charge in [-0.05, 0) is 89.8 Å². The zero-order valence-electron chi connectivity index (χ0n) is 21.8. The highest BCUT2D eigenvalue weighted by Crippen LogP contribution is 2.40. The molecular formula is C32H35NO. The molecule has 0 radical (unpaired) electrons. The summed E-state index contributed by atoms with van der Waals surface area (Å²) in [4.78, 5) is 4.84. The first-order valence-corrected chi connectivity index (χ1v) is 12.4. The monoisotopic (exact) mass is 449 g/mol. The minimum atomic E-state index is 0.228. The molecule has 3 aromatic carbocycles. The van der Waals surface area contributed by atoms with Crippen LogP contribution in [0.15, 0.2) is 53.1 Å². The lowest BCUT2D eigenvalue weighted by atomic mass is 9.86. The molecule has 5 aromatic rings. The molecular weight excluding hydrogens is 414 g/mol. The van der Waals surface area contributed by atoms with Crippen molar-refractivity contribution in [1.82, 2.24) is 4.98 Å². The fourth-order valence-electron chi connectivity index (χ4n) is 5.46. The quantitative estimate of drug-likeness (QED) is 0.274. The molecule has 0 aliphatic heterocycles. The number of fused-ring (bicyclic) bond motifs is 4. The van der Waals surface area contributed by atoms with Gasteiger partial charge in [-0.15, -0.1) is 0 Å². The van der Waals surface area contributed by atoms with Crippen molar-refractivity contribution in [2.24, 2.45) is 5.41 Å². The van der Waals surface area contributed by atoms with Crippen LogP contribution in [0.4, 0.5) is 0 Å². The molecule has 0 saturated carbocycles. The molecule has 0 fully saturated rings. The Kier molecular flexibility index (Phi) is 5.31. The Morgan fingerprint density at radius 3 is 2.32 bits per heavy atom. The number of furan rings is 1. The van der Waals surface area contributed by atoms with Gasteiger partial charge in [0, 0.05) is 22.5 Å². The Morgan fingerprint density at radius 2 is 1.62 bits per heavy atom. The Labute approximate surface area is 203 Å². The molecule has 2 heterocycles. The normalized spacial score (nSPS) is 12.5. The van der Waals surface area contributed by atoms with E-state index in [9.17, 15) is 0 Å². The van der Waals surface area contributed by atoms with Gasteiger partial charge in [0.15, 0.2) is 5.58 Å². The van der Waals surface area contributed by atoms with Crippen LogP contribution >= 0.6 is 0 Å². The van der Waals surface area contributed by atoms with Crippen LogP contribution in [0, 0.1) is 26.2 Å². The molecule has 0 unspecified atom stereocenters. The molecule has 0 saturated heterocycles. The number of benzene rings is 3. The van der Waals surface area contributed by atoms with E-state index in [2.05, 4.69) is 97.9 Å². The van der Waals surface area contributed by atoms with Gasteiger partial charge in [0.2, 0.25) is 0 Å². The average molecular weight is 450 g/mol. The Morgan fingerprint density at radius 1 is 0.882 bits per heavy atom. The van der Waals surface area contributed by atoms with Crippen LogP contribution in [0.5, 0.6) is 0 Å². The van der Waals surface area contributed by atoms with Crippen LogP contribution in [0.2, 0.25) is 0 Å². The number of aryl methyl sites for hydroxylation is 3. The zero-order chi connectivity index (χ0) is 24.4. The molecule has 0 amide bonds. The standard InChI is InChI=1S/C32H35NO/c1-18(2)27-16-24(15-23-14-19(3)13-20(4)28(23)27)29-31-26(11-12-33-29)25-10-9-22(17-32(6,7)8)21(5)30(25)34-31/h9-16,18H,17H2,1-8H3. The highest BCUT2D eigenvalue weighted by atomic mass is 16.3. The molecule has 2 nitrogen and oxygen atoms in total. The molecule has 0 N–H and O–H groups in total. The van der Waals surface area contributed by atoms with E-state index in [1.54, 1.807) is 0 Å². The third-order valence-electron chi connectivity index (χ3n) is 6.95. The lowest BCUT2D eigenvalue weighted by Crippen LogP contribution is -2.10. The van der Waals surface area contributed by atoms with Crippen molar-refractivity contribution in [3.8, 4) is 11.3 Å². The summed E-state index contributed by atoms with van der Waals surface area (Å²) in [6, 6.07) is 15.8. The van der Waals surface area contributed by atoms with Crippen molar-refractivity contribution in [3.05, 3.63) is 76.5 Å². The number of hydrogen-bond donors (Lipinski definition) is 0. The van der Waals surface area contributed by atoms with Crippen molar-refractivity contribution in [1.29, 1.82) is 0 Å². The fourth-order valence-corrected chi connectivity index (χ4v) is 5.46. The highest BCUT2D eigenvalue weighted by Gasteiger charge is 2.20. The second-order valence-electron chi connectivity index (χ2n) is 11.5. The maximum Gasteiger partial charge on any atom is 0.161 e. The first-order valence-electron chi connectivity index (χ1n) is 12.4. The first-order chi connectivity index (χ1) is 16.0. The molecule has 174 valence electrons. The van der Waals surface area contributed by atoms with E-state index in [1.807, 2.05) is 6.20 Å². The van der Waals surface area contributed by atoms with Gasteiger partial charge in [-0.1, -0.05) is 64.4 Å². The van der Waals surface area contributed by atoms with E-state index in [-0.39, 0.29) is 5.41 Å². The van der Waals surface area contributed by atoms with E-state index in [0.717, 1.165) is 34.2 Å². The maximum atomic E-state index is 6.62. The van der Waals surface area contributed by atoms with Crippen molar-refractivity contribution < 1.29 is 4.42 Å². The second kappa shape index (κ2) is 7.98. The molecule has 0 aliphatic rings. The number of pyridine rings is 1. The maximum absolute atomic E-state index is 6.62. The third-order valence-corrected chi connectivity index (χ3v) is 6.95. The number of aromatic nitrogens is 1. The van der Waals surface area contributed by atoms with Crippen molar-refractivity contribution >= 4 is 32.7 Å². The van der Waals surface area contributed by atoms with Gasteiger partial charge in [0.1, 0.15) is 11.3 Å². The summed E-state index contributed by atoms with van der Waals surface area (Å²) in [7, 11) is 0. The second-order valence-corrected chi connectivity index (χ2v) is 11.5. The molecule has 5 rings (SSSR count). The zero-order valence-corrected chi connectivity index (χ0v) is 21.8. The summed E-state index contributed by atoms with van der Waals surface area (Å²) in [5.41, 5.74) is 10.7. The fraction of sp³-hybridized carbons (Fsp3) is 0.344. The van der Waals surface area contributed by atoms with Gasteiger partial charge in [-0.3, -0.25) is 4.98 Å². The van der Waals surface area contributed by atoms with Crippen molar-refractivity contribution in [2.75, 3.05) is 0 Å². The first kappa shape index (κ1) is 22.7. The van der Waals surface area contributed by atoms with E-state index in [0.29, 0.717) is 5.92 Å². The van der Waals surface area contributed by atoms with Gasteiger partial charge >= 0.3 is 0 Å². The summed E-state index contributed by atoms with van der Waals surface area (Å²) in [5.74, 6) is 0.418. The van der Waals surface area contributed by atoms with Gasteiger partial charge in [0.05, 0.1) is 0 Å². The van der Waals surface area contributed by atoms with Crippen LogP contribution in [0.25, 0.3) is 44.0 Å². The summed E-state index contributed by atoms with van der Waals surface area (Å²) in [5, 5.41) is 4.95. The minimum absolute atomic E-state index is 0.228. The van der Waals surface area contributed by atoms with Crippen molar-refractivity contribution in [3.63, 3.8) is 0 Å². The SMILES string of the molecule is Cc1cc(C)c2c(C(C)C)cc(-c3nccc4c3oc3c(C)c(CC(C)(C)C)ccc34)cc2c1. The van der Waals surface area contributed by atoms with Crippen LogP contribution in [-0.2, 0) is 6.42 Å².